The van der Waals surface area contributed by atoms with Gasteiger partial charge < -0.3 is 13.9 Å². The maximum Gasteiger partial charge on any atom is 0.160 e. The molecule has 3 aromatic heterocycles. The molecule has 0 spiro atoms. The fraction of sp³-hybridized carbons (Fsp3) is 0. The van der Waals surface area contributed by atoms with Crippen LogP contribution < -0.4 is 4.90 Å². The lowest BCUT2D eigenvalue weighted by molar-refractivity contribution is 0.671. The van der Waals surface area contributed by atoms with Crippen molar-refractivity contribution in [1.82, 2.24) is 4.57 Å². The second-order valence-corrected chi connectivity index (χ2v) is 11.6. The molecule has 0 fully saturated rings. The summed E-state index contributed by atoms with van der Waals surface area (Å²) in [6.07, 6.45) is 0. The lowest BCUT2D eigenvalue weighted by Crippen LogP contribution is -2.18. The number of rotatable bonds is 1. The van der Waals surface area contributed by atoms with Gasteiger partial charge in [-0.25, -0.2) is 0 Å². The first-order valence-corrected chi connectivity index (χ1v) is 14.4. The van der Waals surface area contributed by atoms with Gasteiger partial charge >= 0.3 is 0 Å². The molecule has 6 aromatic carbocycles. The Morgan fingerprint density at radius 1 is 0.450 bits per heavy atom. The van der Waals surface area contributed by atoms with Crippen molar-refractivity contribution in [3.05, 3.63) is 121 Å². The van der Waals surface area contributed by atoms with Crippen molar-refractivity contribution in [3.8, 4) is 5.69 Å². The predicted molar refractivity (Wildman–Crippen MR) is 169 cm³/mol. The van der Waals surface area contributed by atoms with Gasteiger partial charge in [0.15, 0.2) is 5.58 Å². The molecule has 0 amide bonds. The zero-order chi connectivity index (χ0) is 25.9. The number of hydrogen-bond donors (Lipinski definition) is 0. The van der Waals surface area contributed by atoms with Crippen LogP contribution in [0, 0.1) is 0 Å². The lowest BCUT2D eigenvalue weighted by Gasteiger charge is -2.33. The molecular weight excluding hydrogens is 508 g/mol. The van der Waals surface area contributed by atoms with Crippen LogP contribution in [0.3, 0.4) is 0 Å². The molecule has 0 bridgehead atoms. The Morgan fingerprint density at radius 2 is 1.10 bits per heavy atom. The summed E-state index contributed by atoms with van der Waals surface area (Å²) in [6.45, 7) is 0. The molecule has 1 aliphatic heterocycles. The smallest absolute Gasteiger partial charge is 0.160 e. The molecule has 0 N–H and O–H groups in total. The summed E-state index contributed by atoms with van der Waals surface area (Å²) in [6, 6.07) is 43.7. The van der Waals surface area contributed by atoms with Crippen LogP contribution in [0.15, 0.2) is 126 Å². The van der Waals surface area contributed by atoms with Crippen molar-refractivity contribution >= 4 is 92.3 Å². The normalized spacial score (nSPS) is 12.9. The summed E-state index contributed by atoms with van der Waals surface area (Å²) < 4.78 is 11.6. The van der Waals surface area contributed by atoms with Crippen molar-refractivity contribution in [2.24, 2.45) is 0 Å². The first kappa shape index (κ1) is 20.8. The van der Waals surface area contributed by atoms with E-state index in [1.807, 2.05) is 17.4 Å². The highest BCUT2D eigenvalue weighted by molar-refractivity contribution is 7.26. The predicted octanol–water partition coefficient (Wildman–Crippen LogP) is 10.8. The number of hydrogen-bond acceptors (Lipinski definition) is 3. The Labute approximate surface area is 232 Å². The summed E-state index contributed by atoms with van der Waals surface area (Å²) in [7, 11) is 0. The molecule has 0 unspecified atom stereocenters. The maximum atomic E-state index is 6.59. The topological polar surface area (TPSA) is 21.3 Å². The Bertz CT molecular complexity index is 2510. The van der Waals surface area contributed by atoms with E-state index in [2.05, 4.69) is 125 Å². The van der Waals surface area contributed by atoms with Crippen LogP contribution in [0.5, 0.6) is 0 Å². The molecule has 1 aliphatic rings. The van der Waals surface area contributed by atoms with E-state index in [1.165, 1.54) is 47.8 Å². The fourth-order valence-corrected chi connectivity index (χ4v) is 8.08. The summed E-state index contributed by atoms with van der Waals surface area (Å²) in [4.78, 5) is 2.46. The molecule has 0 saturated heterocycles. The van der Waals surface area contributed by atoms with E-state index < -0.39 is 0 Å². The third-order valence-corrected chi connectivity index (χ3v) is 9.71. The summed E-state index contributed by atoms with van der Waals surface area (Å²) in [5.41, 5.74) is 8.92. The molecule has 3 nitrogen and oxygen atoms in total. The second-order valence-electron chi connectivity index (χ2n) is 10.5. The standard InChI is InChI=1S/C36H20N2OS/c1-5-17-31-21(9-1)25-20-19-24-23-11-7-15-29-33(23)38(34(24)35(25)39-31)28-14-4-3-13-27(28)37(29)30-16-8-12-26-22-10-2-6-18-32(22)40-36(26)30/h1-20H. The van der Waals surface area contributed by atoms with Crippen molar-refractivity contribution in [2.75, 3.05) is 4.90 Å². The molecule has 186 valence electrons. The summed E-state index contributed by atoms with van der Waals surface area (Å²) in [5.74, 6) is 0. The molecular formula is C36H20N2OS. The van der Waals surface area contributed by atoms with Gasteiger partial charge in [0, 0.05) is 37.0 Å². The average molecular weight is 529 g/mol. The van der Waals surface area contributed by atoms with E-state index in [0.29, 0.717) is 0 Å². The summed E-state index contributed by atoms with van der Waals surface area (Å²) >= 11 is 1.87. The van der Waals surface area contributed by atoms with Crippen LogP contribution in [0.25, 0.3) is 69.6 Å². The Morgan fingerprint density at radius 3 is 2.02 bits per heavy atom. The monoisotopic (exact) mass is 528 g/mol. The van der Waals surface area contributed by atoms with Crippen molar-refractivity contribution in [3.63, 3.8) is 0 Å². The van der Waals surface area contributed by atoms with Gasteiger partial charge in [-0.15, -0.1) is 11.3 Å². The minimum absolute atomic E-state index is 0.922. The number of fused-ring (bicyclic) bond motifs is 12. The zero-order valence-electron chi connectivity index (χ0n) is 21.3. The van der Waals surface area contributed by atoms with Gasteiger partial charge in [-0.05, 0) is 42.5 Å². The number of anilines is 3. The van der Waals surface area contributed by atoms with Gasteiger partial charge in [-0.3, -0.25) is 0 Å². The van der Waals surface area contributed by atoms with Gasteiger partial charge in [-0.2, -0.15) is 0 Å². The minimum atomic E-state index is 0.922. The molecule has 0 aliphatic carbocycles. The fourth-order valence-electron chi connectivity index (χ4n) is 6.87. The highest BCUT2D eigenvalue weighted by Crippen LogP contribution is 2.53. The maximum absolute atomic E-state index is 6.59. The van der Waals surface area contributed by atoms with Crippen LogP contribution in [0.2, 0.25) is 0 Å². The third kappa shape index (κ3) is 2.46. The highest BCUT2D eigenvalue weighted by atomic mass is 32.1. The number of thiophene rings is 1. The van der Waals surface area contributed by atoms with E-state index in [-0.39, 0.29) is 0 Å². The quantitative estimate of drug-likeness (QED) is 0.211. The Balaban J connectivity index is 1.39. The van der Waals surface area contributed by atoms with Crippen LogP contribution in [-0.4, -0.2) is 4.57 Å². The molecule has 0 radical (unpaired) electrons. The van der Waals surface area contributed by atoms with Crippen molar-refractivity contribution in [1.29, 1.82) is 0 Å². The molecule has 10 rings (SSSR count). The van der Waals surface area contributed by atoms with Crippen LogP contribution in [-0.2, 0) is 0 Å². The van der Waals surface area contributed by atoms with Gasteiger partial charge in [0.05, 0.1) is 38.5 Å². The first-order valence-electron chi connectivity index (χ1n) is 13.5. The molecule has 4 heterocycles. The summed E-state index contributed by atoms with van der Waals surface area (Å²) in [5, 5.41) is 7.36. The molecule has 0 saturated carbocycles. The van der Waals surface area contributed by atoms with E-state index >= 15 is 0 Å². The van der Waals surface area contributed by atoms with E-state index in [0.717, 1.165) is 38.8 Å². The SMILES string of the molecule is c1ccc2c(c1)N(c1cccc3c1sc1ccccc13)c1cccc3c4ccc5c6ccccc6oc5c4n-2c13. The minimum Gasteiger partial charge on any atom is -0.454 e. The molecule has 0 atom stereocenters. The number of benzene rings is 6. The number of para-hydroxylation sites is 4. The number of aromatic nitrogens is 1. The van der Waals surface area contributed by atoms with E-state index in [1.54, 1.807) is 0 Å². The Kier molecular flexibility index (Phi) is 3.81. The van der Waals surface area contributed by atoms with Crippen LogP contribution in [0.4, 0.5) is 17.1 Å². The highest BCUT2D eigenvalue weighted by Gasteiger charge is 2.31. The van der Waals surface area contributed by atoms with Crippen LogP contribution in [0.1, 0.15) is 0 Å². The van der Waals surface area contributed by atoms with Gasteiger partial charge in [0.1, 0.15) is 5.58 Å². The third-order valence-electron chi connectivity index (χ3n) is 8.50. The largest absolute Gasteiger partial charge is 0.454 e. The van der Waals surface area contributed by atoms with E-state index in [9.17, 15) is 0 Å². The lowest BCUT2D eigenvalue weighted by atomic mass is 10.1. The van der Waals surface area contributed by atoms with Crippen molar-refractivity contribution < 1.29 is 4.42 Å². The van der Waals surface area contributed by atoms with Gasteiger partial charge in [0.25, 0.3) is 0 Å². The number of nitrogens with zero attached hydrogens (tertiary/aromatic N) is 2. The number of furan rings is 1. The molecule has 9 aromatic rings. The van der Waals surface area contributed by atoms with Crippen molar-refractivity contribution in [2.45, 2.75) is 0 Å². The van der Waals surface area contributed by atoms with Gasteiger partial charge in [0.2, 0.25) is 0 Å². The second kappa shape index (κ2) is 7.32. The van der Waals surface area contributed by atoms with E-state index in [4.69, 9.17) is 4.42 Å². The Hall–Kier alpha value is -5.06. The average Bonchev–Trinajstić information content (AvgIpc) is 3.68. The van der Waals surface area contributed by atoms with Crippen LogP contribution >= 0.6 is 11.3 Å². The zero-order valence-corrected chi connectivity index (χ0v) is 22.1. The van der Waals surface area contributed by atoms with Gasteiger partial charge in [-0.1, -0.05) is 78.9 Å². The molecule has 40 heavy (non-hydrogen) atoms. The molecule has 4 heteroatoms. The first-order chi connectivity index (χ1) is 19.9.